The quantitative estimate of drug-likeness (QED) is 0.617. The number of methoxy groups -OCH3 is 1. The van der Waals surface area contributed by atoms with Gasteiger partial charge in [0, 0.05) is 30.8 Å². The molecular formula is C21H23N3O5. The second-order valence-corrected chi connectivity index (χ2v) is 7.05. The van der Waals surface area contributed by atoms with Gasteiger partial charge < -0.3 is 15.0 Å². The third-order valence-corrected chi connectivity index (χ3v) is 5.06. The Morgan fingerprint density at radius 1 is 1.14 bits per heavy atom. The van der Waals surface area contributed by atoms with Gasteiger partial charge in [-0.3, -0.25) is 19.7 Å². The van der Waals surface area contributed by atoms with E-state index in [0.717, 1.165) is 5.56 Å². The fourth-order valence-corrected chi connectivity index (χ4v) is 3.35. The number of ether oxygens (including phenoxy) is 1. The van der Waals surface area contributed by atoms with E-state index in [0.29, 0.717) is 37.2 Å². The van der Waals surface area contributed by atoms with E-state index in [2.05, 4.69) is 5.32 Å². The molecule has 0 saturated carbocycles. The number of hydrogen-bond donors (Lipinski definition) is 1. The molecule has 2 aromatic carbocycles. The van der Waals surface area contributed by atoms with Crippen molar-refractivity contribution in [3.63, 3.8) is 0 Å². The summed E-state index contributed by atoms with van der Waals surface area (Å²) in [5.41, 5.74) is 1.43. The Labute approximate surface area is 168 Å². The van der Waals surface area contributed by atoms with Crippen LogP contribution in [0.1, 0.15) is 39.1 Å². The van der Waals surface area contributed by atoms with Crippen molar-refractivity contribution in [1.29, 1.82) is 0 Å². The van der Waals surface area contributed by atoms with E-state index in [4.69, 9.17) is 4.74 Å². The van der Waals surface area contributed by atoms with Gasteiger partial charge in [0.1, 0.15) is 11.3 Å². The minimum Gasteiger partial charge on any atom is -0.497 e. The highest BCUT2D eigenvalue weighted by atomic mass is 16.6. The lowest BCUT2D eigenvalue weighted by Gasteiger charge is -2.32. The number of nitro groups is 1. The summed E-state index contributed by atoms with van der Waals surface area (Å²) in [5, 5.41) is 14.1. The van der Waals surface area contributed by atoms with Crippen molar-refractivity contribution in [2.75, 3.05) is 20.2 Å². The van der Waals surface area contributed by atoms with Crippen molar-refractivity contribution < 1.29 is 19.2 Å². The molecule has 0 atom stereocenters. The smallest absolute Gasteiger partial charge is 0.282 e. The predicted octanol–water partition coefficient (Wildman–Crippen LogP) is 2.95. The first kappa shape index (κ1) is 20.3. The number of nitro benzene ring substituents is 1. The summed E-state index contributed by atoms with van der Waals surface area (Å²) in [4.78, 5) is 37.6. The number of nitrogens with one attached hydrogen (secondary N) is 1. The Balaban J connectivity index is 1.62. The Bertz CT molecular complexity index is 918. The zero-order valence-electron chi connectivity index (χ0n) is 16.4. The zero-order valence-corrected chi connectivity index (χ0v) is 16.4. The lowest BCUT2D eigenvalue weighted by atomic mass is 10.0. The molecule has 152 valence electrons. The highest BCUT2D eigenvalue weighted by molar-refractivity contribution is 5.99. The summed E-state index contributed by atoms with van der Waals surface area (Å²) in [7, 11) is 1.43. The maximum atomic E-state index is 12.6. The second-order valence-electron chi connectivity index (χ2n) is 7.05. The van der Waals surface area contributed by atoms with Crippen molar-refractivity contribution in [1.82, 2.24) is 10.2 Å². The number of aryl methyl sites for hydroxylation is 1. The van der Waals surface area contributed by atoms with Crippen LogP contribution in [-0.4, -0.2) is 47.9 Å². The molecule has 0 bridgehead atoms. The lowest BCUT2D eigenvalue weighted by molar-refractivity contribution is -0.385. The molecule has 1 aliphatic rings. The van der Waals surface area contributed by atoms with Crippen LogP contribution in [0, 0.1) is 17.0 Å². The number of amides is 2. The predicted molar refractivity (Wildman–Crippen MR) is 107 cm³/mol. The first-order valence-electron chi connectivity index (χ1n) is 9.38. The van der Waals surface area contributed by atoms with Crippen LogP contribution >= 0.6 is 0 Å². The number of carbonyl (C=O) groups is 2. The molecule has 1 saturated heterocycles. The number of rotatable bonds is 5. The van der Waals surface area contributed by atoms with Gasteiger partial charge in [-0.2, -0.15) is 0 Å². The molecule has 3 rings (SSSR count). The number of piperidine rings is 1. The second kappa shape index (κ2) is 8.72. The molecule has 29 heavy (non-hydrogen) atoms. The molecule has 1 aliphatic heterocycles. The Kier molecular flexibility index (Phi) is 6.11. The summed E-state index contributed by atoms with van der Waals surface area (Å²) in [6, 6.07) is 11.4. The largest absolute Gasteiger partial charge is 0.497 e. The number of nitrogens with zero attached hydrogens (tertiary/aromatic N) is 2. The van der Waals surface area contributed by atoms with Crippen molar-refractivity contribution in [2.45, 2.75) is 25.8 Å². The van der Waals surface area contributed by atoms with Crippen LogP contribution in [-0.2, 0) is 0 Å². The SMILES string of the molecule is COc1ccc([N+](=O)[O-])c(C(=O)NC2CCN(C(=O)c3ccc(C)cc3)CC2)c1. The molecule has 1 heterocycles. The first-order chi connectivity index (χ1) is 13.9. The number of benzene rings is 2. The van der Waals surface area contributed by atoms with E-state index in [-0.39, 0.29) is 23.2 Å². The molecule has 8 nitrogen and oxygen atoms in total. The van der Waals surface area contributed by atoms with Crippen molar-refractivity contribution in [3.05, 3.63) is 69.3 Å². The van der Waals surface area contributed by atoms with E-state index in [1.807, 2.05) is 31.2 Å². The molecule has 2 aromatic rings. The topological polar surface area (TPSA) is 102 Å². The summed E-state index contributed by atoms with van der Waals surface area (Å²) >= 11 is 0. The Morgan fingerprint density at radius 3 is 2.38 bits per heavy atom. The van der Waals surface area contributed by atoms with Gasteiger partial charge in [0.25, 0.3) is 17.5 Å². The maximum Gasteiger partial charge on any atom is 0.282 e. The fourth-order valence-electron chi connectivity index (χ4n) is 3.35. The molecule has 2 amide bonds. The van der Waals surface area contributed by atoms with E-state index in [9.17, 15) is 19.7 Å². The van der Waals surface area contributed by atoms with E-state index in [1.54, 1.807) is 4.90 Å². The van der Waals surface area contributed by atoms with Crippen LogP contribution in [0.5, 0.6) is 5.75 Å². The van der Waals surface area contributed by atoms with Gasteiger partial charge in [0.15, 0.2) is 0 Å². The van der Waals surface area contributed by atoms with Crippen molar-refractivity contribution >= 4 is 17.5 Å². The Morgan fingerprint density at radius 2 is 1.79 bits per heavy atom. The van der Waals surface area contributed by atoms with E-state index in [1.165, 1.54) is 25.3 Å². The molecule has 0 spiro atoms. The normalized spacial score (nSPS) is 14.3. The van der Waals surface area contributed by atoms with Gasteiger partial charge in [-0.15, -0.1) is 0 Å². The molecule has 0 aliphatic carbocycles. The van der Waals surface area contributed by atoms with Gasteiger partial charge in [0.2, 0.25) is 0 Å². The summed E-state index contributed by atoms with van der Waals surface area (Å²) in [6.45, 7) is 2.99. The van der Waals surface area contributed by atoms with Crippen LogP contribution in [0.25, 0.3) is 0 Å². The minimum atomic E-state index is -0.586. The molecule has 0 unspecified atom stereocenters. The van der Waals surface area contributed by atoms with Crippen LogP contribution in [0.15, 0.2) is 42.5 Å². The zero-order chi connectivity index (χ0) is 21.0. The van der Waals surface area contributed by atoms with Gasteiger partial charge in [-0.25, -0.2) is 0 Å². The molecule has 8 heteroatoms. The van der Waals surface area contributed by atoms with Crippen LogP contribution in [0.2, 0.25) is 0 Å². The van der Waals surface area contributed by atoms with Crippen LogP contribution < -0.4 is 10.1 Å². The number of carbonyl (C=O) groups excluding carboxylic acids is 2. The standard InChI is InChI=1S/C21H23N3O5/c1-14-3-5-15(6-4-14)21(26)23-11-9-16(10-12-23)22-20(25)18-13-17(29-2)7-8-19(18)24(27)28/h3-8,13,16H,9-12H2,1-2H3,(H,22,25). The van der Waals surface area contributed by atoms with E-state index >= 15 is 0 Å². The van der Waals surface area contributed by atoms with Crippen LogP contribution in [0.3, 0.4) is 0 Å². The summed E-state index contributed by atoms with van der Waals surface area (Å²) < 4.78 is 5.07. The average Bonchev–Trinajstić information content (AvgIpc) is 2.73. The minimum absolute atomic E-state index is 0.0294. The molecule has 1 fully saturated rings. The number of likely N-dealkylation sites (tertiary alicyclic amines) is 1. The monoisotopic (exact) mass is 397 g/mol. The lowest BCUT2D eigenvalue weighted by Crippen LogP contribution is -2.46. The average molecular weight is 397 g/mol. The first-order valence-corrected chi connectivity index (χ1v) is 9.38. The molecule has 0 radical (unpaired) electrons. The highest BCUT2D eigenvalue weighted by Gasteiger charge is 2.27. The van der Waals surface area contributed by atoms with Crippen molar-refractivity contribution in [3.8, 4) is 5.75 Å². The fraction of sp³-hybridized carbons (Fsp3) is 0.333. The van der Waals surface area contributed by atoms with Crippen molar-refractivity contribution in [2.24, 2.45) is 0 Å². The van der Waals surface area contributed by atoms with Gasteiger partial charge >= 0.3 is 0 Å². The molecular weight excluding hydrogens is 374 g/mol. The molecule has 0 aromatic heterocycles. The van der Waals surface area contributed by atoms with Gasteiger partial charge in [-0.05, 0) is 44.0 Å². The number of hydrogen-bond acceptors (Lipinski definition) is 5. The summed E-state index contributed by atoms with van der Waals surface area (Å²) in [5.74, 6) is -0.170. The third-order valence-electron chi connectivity index (χ3n) is 5.06. The van der Waals surface area contributed by atoms with Crippen LogP contribution in [0.4, 0.5) is 5.69 Å². The van der Waals surface area contributed by atoms with Gasteiger partial charge in [-0.1, -0.05) is 17.7 Å². The van der Waals surface area contributed by atoms with E-state index < -0.39 is 10.8 Å². The summed E-state index contributed by atoms with van der Waals surface area (Å²) in [6.07, 6.45) is 1.17. The highest BCUT2D eigenvalue weighted by Crippen LogP contribution is 2.24. The van der Waals surface area contributed by atoms with Gasteiger partial charge in [0.05, 0.1) is 12.0 Å². The Hall–Kier alpha value is -3.42. The maximum absolute atomic E-state index is 12.6. The third kappa shape index (κ3) is 4.71. The molecule has 1 N–H and O–H groups in total.